The Kier molecular flexibility index (Phi) is 8.57. The molecule has 10 heteroatoms. The zero-order valence-electron chi connectivity index (χ0n) is 22.6. The second-order valence-corrected chi connectivity index (χ2v) is 9.54. The molecule has 1 amide bonds. The molecule has 0 saturated carbocycles. The van der Waals surface area contributed by atoms with Gasteiger partial charge in [-0.15, -0.1) is 0 Å². The van der Waals surface area contributed by atoms with Gasteiger partial charge in [-0.1, -0.05) is 18.7 Å². The number of amides is 1. The molecule has 2 fully saturated rings. The van der Waals surface area contributed by atoms with Gasteiger partial charge in [0.05, 0.1) is 31.4 Å². The number of likely N-dealkylation sites (tertiary alicyclic amines) is 1. The minimum Gasteiger partial charge on any atom is -0.507 e. The van der Waals surface area contributed by atoms with Gasteiger partial charge in [0.2, 0.25) is 0 Å². The fourth-order valence-corrected chi connectivity index (χ4v) is 5.11. The van der Waals surface area contributed by atoms with Gasteiger partial charge in [-0.2, -0.15) is 0 Å². The van der Waals surface area contributed by atoms with Crippen LogP contribution >= 0.6 is 0 Å². The van der Waals surface area contributed by atoms with Crippen molar-refractivity contribution in [3.05, 3.63) is 65.8 Å². The second-order valence-electron chi connectivity index (χ2n) is 9.54. The van der Waals surface area contributed by atoms with Crippen LogP contribution in [-0.4, -0.2) is 92.4 Å². The number of carbonyl (C=O) groups is 2. The standard InChI is InChI=1S/C30H34N2O8/c1-3-13-38-22-7-5-20(18-24(22)37-4-2)27-26(28(33)21-6-8-23-25(19-21)40-17-16-39-23)29(34)30(35)32(27)10-9-31-11-14-36-15-12-31/h3,5-8,18-19,27,33H,1,4,9-17H2,2H3/t27-/m1/s1. The third kappa shape index (κ3) is 5.64. The van der Waals surface area contributed by atoms with Crippen LogP contribution in [0.5, 0.6) is 23.0 Å². The maximum absolute atomic E-state index is 13.5. The largest absolute Gasteiger partial charge is 0.507 e. The van der Waals surface area contributed by atoms with Crippen molar-refractivity contribution in [1.29, 1.82) is 0 Å². The molecule has 1 N–H and O–H groups in total. The third-order valence-corrected chi connectivity index (χ3v) is 7.06. The molecule has 0 bridgehead atoms. The Hall–Kier alpha value is -4.02. The van der Waals surface area contributed by atoms with Crippen LogP contribution in [0.4, 0.5) is 0 Å². The molecule has 5 rings (SSSR count). The number of hydrogen-bond acceptors (Lipinski definition) is 9. The van der Waals surface area contributed by atoms with E-state index in [9.17, 15) is 14.7 Å². The molecule has 212 valence electrons. The Labute approximate surface area is 233 Å². The lowest BCUT2D eigenvalue weighted by Gasteiger charge is -2.31. The maximum atomic E-state index is 13.5. The molecule has 3 aliphatic heterocycles. The van der Waals surface area contributed by atoms with Gasteiger partial charge in [0.1, 0.15) is 25.6 Å². The van der Waals surface area contributed by atoms with Crippen molar-refractivity contribution in [3.8, 4) is 23.0 Å². The number of ketones is 1. The molecule has 0 unspecified atom stereocenters. The van der Waals surface area contributed by atoms with Crippen molar-refractivity contribution < 1.29 is 38.4 Å². The monoisotopic (exact) mass is 550 g/mol. The first-order chi connectivity index (χ1) is 19.5. The number of fused-ring (bicyclic) bond motifs is 1. The number of hydrogen-bond donors (Lipinski definition) is 1. The Bertz CT molecular complexity index is 1300. The quantitative estimate of drug-likeness (QED) is 0.207. The highest BCUT2D eigenvalue weighted by Crippen LogP contribution is 2.43. The van der Waals surface area contributed by atoms with Gasteiger partial charge in [0.25, 0.3) is 11.7 Å². The number of nitrogens with zero attached hydrogens (tertiary/aromatic N) is 2. The Morgan fingerprint density at radius 1 is 1.00 bits per heavy atom. The van der Waals surface area contributed by atoms with E-state index in [0.717, 1.165) is 13.1 Å². The number of Topliss-reactive ketones (excluding diaryl/α,β-unsaturated/α-hetero) is 1. The van der Waals surface area contributed by atoms with Gasteiger partial charge in [0, 0.05) is 31.7 Å². The average Bonchev–Trinajstić information content (AvgIpc) is 3.24. The van der Waals surface area contributed by atoms with Crippen LogP contribution in [-0.2, 0) is 14.3 Å². The highest BCUT2D eigenvalue weighted by atomic mass is 16.6. The molecule has 40 heavy (non-hydrogen) atoms. The number of ether oxygens (including phenoxy) is 5. The topological polar surface area (TPSA) is 107 Å². The number of rotatable bonds is 10. The van der Waals surface area contributed by atoms with Gasteiger partial charge >= 0.3 is 0 Å². The maximum Gasteiger partial charge on any atom is 0.295 e. The van der Waals surface area contributed by atoms with Crippen LogP contribution in [0.1, 0.15) is 24.1 Å². The van der Waals surface area contributed by atoms with E-state index in [0.29, 0.717) is 86.9 Å². The van der Waals surface area contributed by atoms with Crippen LogP contribution in [0, 0.1) is 0 Å². The molecule has 0 spiro atoms. The zero-order chi connectivity index (χ0) is 28.1. The first-order valence-corrected chi connectivity index (χ1v) is 13.5. The van der Waals surface area contributed by atoms with Crippen LogP contribution in [0.25, 0.3) is 5.76 Å². The second kappa shape index (κ2) is 12.4. The molecule has 1 atom stereocenters. The van der Waals surface area contributed by atoms with Gasteiger partial charge in [-0.3, -0.25) is 14.5 Å². The lowest BCUT2D eigenvalue weighted by molar-refractivity contribution is -0.140. The number of morpholine rings is 1. The van der Waals surface area contributed by atoms with E-state index in [1.165, 1.54) is 4.90 Å². The van der Waals surface area contributed by atoms with Crippen molar-refractivity contribution >= 4 is 17.4 Å². The molecular formula is C30H34N2O8. The number of aliphatic hydroxyl groups excluding tert-OH is 1. The molecule has 2 saturated heterocycles. The van der Waals surface area contributed by atoms with E-state index in [-0.39, 0.29) is 11.3 Å². The van der Waals surface area contributed by atoms with E-state index in [1.54, 1.807) is 42.5 Å². The van der Waals surface area contributed by atoms with Gasteiger partial charge < -0.3 is 33.7 Å². The fourth-order valence-electron chi connectivity index (χ4n) is 5.11. The van der Waals surface area contributed by atoms with Gasteiger partial charge in [-0.25, -0.2) is 0 Å². The molecule has 0 aliphatic carbocycles. The lowest BCUT2D eigenvalue weighted by Crippen LogP contribution is -2.42. The molecule has 3 heterocycles. The summed E-state index contributed by atoms with van der Waals surface area (Å²) in [5, 5.41) is 11.5. The van der Waals surface area contributed by atoms with Crippen LogP contribution in [0.3, 0.4) is 0 Å². The molecule has 0 radical (unpaired) electrons. The minimum atomic E-state index is -0.832. The molecule has 3 aliphatic rings. The summed E-state index contributed by atoms with van der Waals surface area (Å²) >= 11 is 0. The highest BCUT2D eigenvalue weighted by Gasteiger charge is 2.46. The van der Waals surface area contributed by atoms with Gasteiger partial charge in [0.15, 0.2) is 23.0 Å². The van der Waals surface area contributed by atoms with Crippen molar-refractivity contribution in [1.82, 2.24) is 9.80 Å². The SMILES string of the molecule is C=CCOc1ccc([C@@H]2C(=C(O)c3ccc4c(c3)OCCO4)C(=O)C(=O)N2CCN2CCOCC2)cc1OCC. The first-order valence-electron chi connectivity index (χ1n) is 13.5. The number of benzene rings is 2. The fraction of sp³-hybridized carbons (Fsp3) is 0.400. The summed E-state index contributed by atoms with van der Waals surface area (Å²) in [5.74, 6) is 0.325. The molecule has 0 aromatic heterocycles. The number of carbonyl (C=O) groups excluding carboxylic acids is 2. The minimum absolute atomic E-state index is 0.00543. The van der Waals surface area contributed by atoms with Crippen LogP contribution < -0.4 is 18.9 Å². The van der Waals surface area contributed by atoms with Gasteiger partial charge in [-0.05, 0) is 42.8 Å². The Morgan fingerprint density at radius 3 is 2.52 bits per heavy atom. The smallest absolute Gasteiger partial charge is 0.295 e. The van der Waals surface area contributed by atoms with E-state index < -0.39 is 17.7 Å². The van der Waals surface area contributed by atoms with E-state index in [1.807, 2.05) is 6.92 Å². The molecule has 2 aromatic carbocycles. The van der Waals surface area contributed by atoms with Crippen molar-refractivity contribution in [2.45, 2.75) is 13.0 Å². The predicted molar refractivity (Wildman–Crippen MR) is 147 cm³/mol. The van der Waals surface area contributed by atoms with Crippen molar-refractivity contribution in [3.63, 3.8) is 0 Å². The highest BCUT2D eigenvalue weighted by molar-refractivity contribution is 6.46. The summed E-state index contributed by atoms with van der Waals surface area (Å²) in [6.45, 7) is 10.6. The predicted octanol–water partition coefficient (Wildman–Crippen LogP) is 3.18. The zero-order valence-corrected chi connectivity index (χ0v) is 22.6. The normalized spacial score (nSPS) is 20.4. The molecule has 2 aromatic rings. The first kappa shape index (κ1) is 27.5. The summed E-state index contributed by atoms with van der Waals surface area (Å²) in [7, 11) is 0. The molecule has 10 nitrogen and oxygen atoms in total. The van der Waals surface area contributed by atoms with Crippen molar-refractivity contribution in [2.24, 2.45) is 0 Å². The summed E-state index contributed by atoms with van der Waals surface area (Å²) in [4.78, 5) is 30.7. The molecular weight excluding hydrogens is 516 g/mol. The number of aliphatic hydroxyl groups is 1. The van der Waals surface area contributed by atoms with Crippen LogP contribution in [0.2, 0.25) is 0 Å². The Morgan fingerprint density at radius 2 is 1.77 bits per heavy atom. The van der Waals surface area contributed by atoms with E-state index in [4.69, 9.17) is 23.7 Å². The summed E-state index contributed by atoms with van der Waals surface area (Å²) in [6, 6.07) is 9.43. The van der Waals surface area contributed by atoms with E-state index >= 15 is 0 Å². The van der Waals surface area contributed by atoms with Crippen molar-refractivity contribution in [2.75, 3.05) is 65.8 Å². The summed E-state index contributed by atoms with van der Waals surface area (Å²) < 4.78 is 28.3. The average molecular weight is 551 g/mol. The van der Waals surface area contributed by atoms with E-state index in [2.05, 4.69) is 11.5 Å². The third-order valence-electron chi connectivity index (χ3n) is 7.06. The summed E-state index contributed by atoms with van der Waals surface area (Å²) in [6.07, 6.45) is 1.64. The Balaban J connectivity index is 1.56. The van der Waals surface area contributed by atoms with Crippen LogP contribution in [0.15, 0.2) is 54.6 Å². The summed E-state index contributed by atoms with van der Waals surface area (Å²) in [5.41, 5.74) is 0.983. The lowest BCUT2D eigenvalue weighted by atomic mass is 9.94.